The average Bonchev–Trinajstić information content (AvgIpc) is 3.46. The van der Waals surface area contributed by atoms with Crippen LogP contribution in [0.5, 0.6) is 5.75 Å². The highest BCUT2D eigenvalue weighted by atomic mass is 32.2. The van der Waals surface area contributed by atoms with Gasteiger partial charge >= 0.3 is 0 Å². The second-order valence-corrected chi connectivity index (χ2v) is 15.4. The molecule has 4 heterocycles. The molecule has 0 atom stereocenters. The van der Waals surface area contributed by atoms with E-state index in [2.05, 4.69) is 19.9 Å². The lowest BCUT2D eigenvalue weighted by molar-refractivity contribution is -0.0391. The van der Waals surface area contributed by atoms with E-state index in [-0.39, 0.29) is 28.5 Å². The number of aromatic hydroxyl groups is 1. The molecule has 0 spiro atoms. The van der Waals surface area contributed by atoms with Crippen LogP contribution in [0.3, 0.4) is 0 Å². The van der Waals surface area contributed by atoms with Crippen LogP contribution in [0.1, 0.15) is 58.7 Å². The Kier molecular flexibility index (Phi) is 7.12. The number of carbonyl (C=O) groups excluding carboxylic acids is 2. The quantitative estimate of drug-likeness (QED) is 0.404. The molecule has 0 aromatic carbocycles. The van der Waals surface area contributed by atoms with Crippen molar-refractivity contribution in [2.75, 3.05) is 36.8 Å². The molecule has 11 nitrogen and oxygen atoms in total. The summed E-state index contributed by atoms with van der Waals surface area (Å²) in [5.41, 5.74) is 1.34. The summed E-state index contributed by atoms with van der Waals surface area (Å²) >= 11 is 1.36. The SMILES string of the molecule is O=C(NS(=O)(=O)CC12CC3CC(CC(C3)C1)C2)c1ccc(N2CCN(C(=O)c3cc(-c4cncc(O)c4)cs3)CC2)nn1. The van der Waals surface area contributed by atoms with E-state index in [4.69, 9.17) is 0 Å². The van der Waals surface area contributed by atoms with Gasteiger partial charge in [0.05, 0.1) is 16.8 Å². The van der Waals surface area contributed by atoms with Crippen molar-refractivity contribution >= 4 is 39.0 Å². The van der Waals surface area contributed by atoms with Gasteiger partial charge in [0, 0.05) is 37.9 Å². The van der Waals surface area contributed by atoms with E-state index in [1.54, 1.807) is 23.2 Å². The molecule has 4 saturated carbocycles. The van der Waals surface area contributed by atoms with Crippen molar-refractivity contribution in [1.29, 1.82) is 0 Å². The van der Waals surface area contributed by atoms with Gasteiger partial charge in [0.2, 0.25) is 10.0 Å². The molecule has 13 heteroatoms. The van der Waals surface area contributed by atoms with Crippen LogP contribution >= 0.6 is 11.3 Å². The number of nitrogens with zero attached hydrogens (tertiary/aromatic N) is 5. The molecule has 1 saturated heterocycles. The maximum absolute atomic E-state index is 13.1. The fourth-order valence-corrected chi connectivity index (χ4v) is 10.7. The Balaban J connectivity index is 0.929. The number of amides is 2. The summed E-state index contributed by atoms with van der Waals surface area (Å²) in [6.07, 6.45) is 9.55. The minimum atomic E-state index is -3.80. The highest BCUT2D eigenvalue weighted by Crippen LogP contribution is 2.60. The summed E-state index contributed by atoms with van der Waals surface area (Å²) in [5, 5.41) is 19.8. The number of carbonyl (C=O) groups is 2. The van der Waals surface area contributed by atoms with Crippen LogP contribution in [0.15, 0.2) is 42.0 Å². The number of rotatable bonds is 7. The normalized spacial score (nSPS) is 26.5. The lowest BCUT2D eigenvalue weighted by atomic mass is 9.50. The minimum Gasteiger partial charge on any atom is -0.506 e. The molecular formula is C30H34N6O5S2. The topological polar surface area (TPSA) is 146 Å². The fourth-order valence-electron chi connectivity index (χ4n) is 8.19. The number of sulfonamides is 1. The first-order valence-electron chi connectivity index (χ1n) is 14.8. The van der Waals surface area contributed by atoms with Gasteiger partial charge in [-0.25, -0.2) is 13.1 Å². The van der Waals surface area contributed by atoms with Gasteiger partial charge in [0.1, 0.15) is 5.75 Å². The van der Waals surface area contributed by atoms with E-state index in [1.807, 2.05) is 16.3 Å². The van der Waals surface area contributed by atoms with Gasteiger partial charge in [-0.15, -0.1) is 21.5 Å². The van der Waals surface area contributed by atoms with Gasteiger partial charge in [-0.3, -0.25) is 14.6 Å². The number of piperazine rings is 1. The van der Waals surface area contributed by atoms with E-state index in [1.165, 1.54) is 42.9 Å². The molecule has 8 rings (SSSR count). The van der Waals surface area contributed by atoms with Crippen molar-refractivity contribution in [3.05, 3.63) is 52.6 Å². The van der Waals surface area contributed by atoms with Crippen molar-refractivity contribution in [1.82, 2.24) is 24.8 Å². The molecule has 2 amide bonds. The van der Waals surface area contributed by atoms with Gasteiger partial charge in [-0.05, 0) is 96.9 Å². The van der Waals surface area contributed by atoms with E-state index in [0.717, 1.165) is 30.4 Å². The molecule has 3 aromatic heterocycles. The summed E-state index contributed by atoms with van der Waals surface area (Å²) in [5.74, 6) is 1.72. The zero-order valence-electron chi connectivity index (χ0n) is 23.7. The van der Waals surface area contributed by atoms with Crippen molar-refractivity contribution in [2.45, 2.75) is 38.5 Å². The van der Waals surface area contributed by atoms with E-state index in [0.29, 0.717) is 54.6 Å². The molecule has 1 aliphatic heterocycles. The van der Waals surface area contributed by atoms with Gasteiger partial charge < -0.3 is 14.9 Å². The molecule has 226 valence electrons. The van der Waals surface area contributed by atoms with Crippen LogP contribution in [0.2, 0.25) is 0 Å². The standard InChI is InChI=1S/C30H34N6O5S2/c37-24-10-22(15-31-16-24)23-11-26(42-17-23)29(39)36-5-3-35(4-6-36)27-2-1-25(32-33-27)28(38)34-43(40,41)18-30-12-19-7-20(13-30)9-21(8-19)14-30/h1-2,10-11,15-17,19-21,37H,3-9,12-14,18H2,(H,34,38). The Hall–Kier alpha value is -3.58. The minimum absolute atomic E-state index is 0.00356. The van der Waals surface area contributed by atoms with Crippen LogP contribution in [0.4, 0.5) is 5.82 Å². The molecular weight excluding hydrogens is 589 g/mol. The number of thiophene rings is 1. The van der Waals surface area contributed by atoms with E-state index < -0.39 is 15.9 Å². The van der Waals surface area contributed by atoms with Crippen molar-refractivity contribution in [3.8, 4) is 16.9 Å². The van der Waals surface area contributed by atoms with Crippen LogP contribution < -0.4 is 9.62 Å². The van der Waals surface area contributed by atoms with Crippen LogP contribution in [-0.2, 0) is 10.0 Å². The maximum Gasteiger partial charge on any atom is 0.285 e. The molecule has 5 aliphatic rings. The highest BCUT2D eigenvalue weighted by Gasteiger charge is 2.52. The summed E-state index contributed by atoms with van der Waals surface area (Å²) in [6, 6.07) is 6.59. The number of nitrogens with one attached hydrogen (secondary N) is 1. The van der Waals surface area contributed by atoms with Gasteiger partial charge in [0.15, 0.2) is 11.5 Å². The highest BCUT2D eigenvalue weighted by molar-refractivity contribution is 7.90. The van der Waals surface area contributed by atoms with E-state index >= 15 is 0 Å². The van der Waals surface area contributed by atoms with Gasteiger partial charge in [-0.1, -0.05) is 0 Å². The lowest BCUT2D eigenvalue weighted by Gasteiger charge is -2.56. The summed E-state index contributed by atoms with van der Waals surface area (Å²) in [6.45, 7) is 2.07. The van der Waals surface area contributed by atoms with Crippen molar-refractivity contribution in [2.24, 2.45) is 23.2 Å². The summed E-state index contributed by atoms with van der Waals surface area (Å²) < 4.78 is 28.4. The third-order valence-corrected chi connectivity index (χ3v) is 12.0. The third kappa shape index (κ3) is 5.84. The number of aromatic nitrogens is 3. The number of hydrogen-bond donors (Lipinski definition) is 2. The molecule has 3 aromatic rings. The van der Waals surface area contributed by atoms with Crippen LogP contribution in [0, 0.1) is 23.2 Å². The Bertz CT molecular complexity index is 1610. The molecule has 4 aliphatic carbocycles. The third-order valence-electron chi connectivity index (χ3n) is 9.55. The first kappa shape index (κ1) is 28.2. The van der Waals surface area contributed by atoms with Crippen LogP contribution in [-0.4, -0.2) is 77.4 Å². The largest absolute Gasteiger partial charge is 0.506 e. The Labute approximate surface area is 254 Å². The second kappa shape index (κ2) is 10.8. The molecule has 43 heavy (non-hydrogen) atoms. The smallest absolute Gasteiger partial charge is 0.285 e. The second-order valence-electron chi connectivity index (χ2n) is 12.8. The van der Waals surface area contributed by atoms with Crippen LogP contribution in [0.25, 0.3) is 11.1 Å². The monoisotopic (exact) mass is 622 g/mol. The van der Waals surface area contributed by atoms with E-state index in [9.17, 15) is 23.1 Å². The number of hydrogen-bond acceptors (Lipinski definition) is 10. The van der Waals surface area contributed by atoms with Gasteiger partial charge in [-0.2, -0.15) is 0 Å². The molecule has 4 bridgehead atoms. The fraction of sp³-hybridized carbons (Fsp3) is 0.500. The van der Waals surface area contributed by atoms with Gasteiger partial charge in [0.25, 0.3) is 11.8 Å². The Morgan fingerprint density at radius 2 is 1.65 bits per heavy atom. The van der Waals surface area contributed by atoms with Crippen molar-refractivity contribution in [3.63, 3.8) is 0 Å². The predicted molar refractivity (Wildman–Crippen MR) is 161 cm³/mol. The molecule has 2 N–H and O–H groups in total. The summed E-state index contributed by atoms with van der Waals surface area (Å²) in [7, 11) is -3.80. The summed E-state index contributed by atoms with van der Waals surface area (Å²) in [4.78, 5) is 34.3. The molecule has 5 fully saturated rings. The number of pyridine rings is 1. The first-order valence-corrected chi connectivity index (χ1v) is 17.3. The zero-order valence-corrected chi connectivity index (χ0v) is 25.3. The first-order chi connectivity index (χ1) is 20.6. The molecule has 0 unspecified atom stereocenters. The lowest BCUT2D eigenvalue weighted by Crippen LogP contribution is -2.51. The predicted octanol–water partition coefficient (Wildman–Crippen LogP) is 3.54. The molecule has 0 radical (unpaired) electrons. The Morgan fingerprint density at radius 3 is 2.28 bits per heavy atom. The maximum atomic E-state index is 13.1. The number of anilines is 1. The average molecular weight is 623 g/mol. The zero-order chi connectivity index (χ0) is 29.8. The Morgan fingerprint density at radius 1 is 0.953 bits per heavy atom. The van der Waals surface area contributed by atoms with Crippen molar-refractivity contribution < 1.29 is 23.1 Å².